The Kier molecular flexibility index (Phi) is 5.69. The highest BCUT2D eigenvalue weighted by atomic mass is 16.7. The summed E-state index contributed by atoms with van der Waals surface area (Å²) in [4.78, 5) is 17.9. The molecule has 5 rings (SSSR count). The molecule has 0 radical (unpaired) electrons. The van der Waals surface area contributed by atoms with Crippen molar-refractivity contribution in [2.75, 3.05) is 6.79 Å². The number of amides is 1. The van der Waals surface area contributed by atoms with Gasteiger partial charge in [0.1, 0.15) is 0 Å². The van der Waals surface area contributed by atoms with Gasteiger partial charge in [0.05, 0.1) is 11.7 Å². The first-order valence-electron chi connectivity index (χ1n) is 11.1. The maximum absolute atomic E-state index is 13.3. The summed E-state index contributed by atoms with van der Waals surface area (Å²) in [6, 6.07) is 18.9. The van der Waals surface area contributed by atoms with Crippen LogP contribution in [0.15, 0.2) is 66.9 Å². The number of carbonyl (C=O) groups excluding carboxylic acids is 1. The van der Waals surface area contributed by atoms with Crippen molar-refractivity contribution in [2.24, 2.45) is 5.92 Å². The molecule has 1 unspecified atom stereocenters. The Morgan fingerprint density at radius 2 is 1.88 bits per heavy atom. The van der Waals surface area contributed by atoms with E-state index in [0.29, 0.717) is 29.4 Å². The van der Waals surface area contributed by atoms with Crippen LogP contribution in [-0.4, -0.2) is 27.5 Å². The van der Waals surface area contributed by atoms with E-state index in [2.05, 4.69) is 36.3 Å². The molecule has 3 heterocycles. The Hall–Kier alpha value is -3.87. The molecule has 0 spiro atoms. The summed E-state index contributed by atoms with van der Waals surface area (Å²) in [6.45, 7) is 5.23. The standard InChI is InChI=1S/C26H26N4O3/c1-17(2)15-30-25-20(9-6-12-27-25)24(29-30)21(13-18-7-4-3-5-8-18)28-26(31)19-10-11-22-23(14-19)33-16-32-22/h3-12,14,17,21H,13,15-16H2,1-2H3,(H,28,31). The average molecular weight is 443 g/mol. The van der Waals surface area contributed by atoms with Crippen LogP contribution in [0.5, 0.6) is 11.5 Å². The normalized spacial score (nSPS) is 13.4. The smallest absolute Gasteiger partial charge is 0.251 e. The van der Waals surface area contributed by atoms with Crippen LogP contribution >= 0.6 is 0 Å². The van der Waals surface area contributed by atoms with Crippen molar-refractivity contribution in [3.8, 4) is 11.5 Å². The Morgan fingerprint density at radius 1 is 1.06 bits per heavy atom. The molecule has 1 atom stereocenters. The molecule has 7 nitrogen and oxygen atoms in total. The third kappa shape index (κ3) is 4.39. The number of aromatic nitrogens is 3. The fourth-order valence-electron chi connectivity index (χ4n) is 4.11. The second-order valence-corrected chi connectivity index (χ2v) is 8.62. The molecule has 1 N–H and O–H groups in total. The molecule has 0 saturated carbocycles. The first kappa shape index (κ1) is 21.0. The number of benzene rings is 2. The highest BCUT2D eigenvalue weighted by Gasteiger charge is 2.24. The fourth-order valence-corrected chi connectivity index (χ4v) is 4.11. The van der Waals surface area contributed by atoms with Crippen LogP contribution in [0, 0.1) is 5.92 Å². The number of fused-ring (bicyclic) bond motifs is 2. The molecule has 2 aromatic heterocycles. The van der Waals surface area contributed by atoms with E-state index in [1.165, 1.54) is 0 Å². The summed E-state index contributed by atoms with van der Waals surface area (Å²) < 4.78 is 12.8. The lowest BCUT2D eigenvalue weighted by molar-refractivity contribution is 0.0935. The zero-order chi connectivity index (χ0) is 22.8. The van der Waals surface area contributed by atoms with E-state index in [0.717, 1.165) is 28.8 Å². The summed E-state index contributed by atoms with van der Waals surface area (Å²) in [7, 11) is 0. The maximum Gasteiger partial charge on any atom is 0.251 e. The Bertz CT molecular complexity index is 1280. The van der Waals surface area contributed by atoms with Crippen LogP contribution in [0.2, 0.25) is 0 Å². The molecule has 0 saturated heterocycles. The first-order valence-corrected chi connectivity index (χ1v) is 11.1. The molecular weight excluding hydrogens is 416 g/mol. The van der Waals surface area contributed by atoms with Gasteiger partial charge in [-0.05, 0) is 48.2 Å². The van der Waals surface area contributed by atoms with E-state index in [4.69, 9.17) is 14.6 Å². The lowest BCUT2D eigenvalue weighted by Crippen LogP contribution is -2.30. The summed E-state index contributed by atoms with van der Waals surface area (Å²) in [5, 5.41) is 9.08. The van der Waals surface area contributed by atoms with Gasteiger partial charge in [0.25, 0.3) is 5.91 Å². The lowest BCUT2D eigenvalue weighted by Gasteiger charge is -2.18. The summed E-state index contributed by atoms with van der Waals surface area (Å²) in [5.41, 5.74) is 3.28. The van der Waals surface area contributed by atoms with Gasteiger partial charge in [-0.2, -0.15) is 5.10 Å². The minimum atomic E-state index is -0.328. The van der Waals surface area contributed by atoms with Gasteiger partial charge in [-0.1, -0.05) is 44.2 Å². The van der Waals surface area contributed by atoms with E-state index < -0.39 is 0 Å². The molecule has 1 amide bonds. The van der Waals surface area contributed by atoms with Gasteiger partial charge in [0.15, 0.2) is 17.1 Å². The second-order valence-electron chi connectivity index (χ2n) is 8.62. The lowest BCUT2D eigenvalue weighted by atomic mass is 10.0. The molecule has 4 aromatic rings. The van der Waals surface area contributed by atoms with Crippen molar-refractivity contribution in [3.05, 3.63) is 83.7 Å². The number of pyridine rings is 1. The van der Waals surface area contributed by atoms with E-state index >= 15 is 0 Å². The molecule has 168 valence electrons. The number of nitrogens with zero attached hydrogens (tertiary/aromatic N) is 3. The summed E-state index contributed by atoms with van der Waals surface area (Å²) in [6.07, 6.45) is 2.39. The molecular formula is C26H26N4O3. The maximum atomic E-state index is 13.3. The minimum Gasteiger partial charge on any atom is -0.454 e. The Morgan fingerprint density at radius 3 is 2.70 bits per heavy atom. The zero-order valence-electron chi connectivity index (χ0n) is 18.7. The number of hydrogen-bond donors (Lipinski definition) is 1. The monoisotopic (exact) mass is 442 g/mol. The van der Waals surface area contributed by atoms with Crippen molar-refractivity contribution in [2.45, 2.75) is 32.9 Å². The van der Waals surface area contributed by atoms with Crippen LogP contribution in [-0.2, 0) is 13.0 Å². The van der Waals surface area contributed by atoms with Gasteiger partial charge < -0.3 is 14.8 Å². The molecule has 0 aliphatic carbocycles. The van der Waals surface area contributed by atoms with Gasteiger partial charge in [-0.15, -0.1) is 0 Å². The van der Waals surface area contributed by atoms with E-state index in [-0.39, 0.29) is 18.7 Å². The number of ether oxygens (including phenoxy) is 2. The molecule has 7 heteroatoms. The van der Waals surface area contributed by atoms with Crippen molar-refractivity contribution in [3.63, 3.8) is 0 Å². The molecule has 33 heavy (non-hydrogen) atoms. The Labute approximate surface area is 192 Å². The fraction of sp³-hybridized carbons (Fsp3) is 0.269. The van der Waals surface area contributed by atoms with Gasteiger partial charge in [-0.25, -0.2) is 9.67 Å². The van der Waals surface area contributed by atoms with Crippen molar-refractivity contribution < 1.29 is 14.3 Å². The van der Waals surface area contributed by atoms with Crippen LogP contribution in [0.25, 0.3) is 11.0 Å². The van der Waals surface area contributed by atoms with Crippen molar-refractivity contribution in [1.29, 1.82) is 0 Å². The number of hydrogen-bond acceptors (Lipinski definition) is 5. The summed E-state index contributed by atoms with van der Waals surface area (Å²) in [5.74, 6) is 1.46. The third-order valence-corrected chi connectivity index (χ3v) is 5.63. The molecule has 1 aliphatic heterocycles. The predicted octanol–water partition coefficient (Wildman–Crippen LogP) is 4.53. The van der Waals surface area contributed by atoms with Crippen LogP contribution in [0.1, 0.15) is 41.5 Å². The second kappa shape index (κ2) is 8.94. The Balaban J connectivity index is 1.52. The highest BCUT2D eigenvalue weighted by Crippen LogP contribution is 2.33. The van der Waals surface area contributed by atoms with Crippen molar-refractivity contribution in [1.82, 2.24) is 20.1 Å². The van der Waals surface area contributed by atoms with E-state index in [1.54, 1.807) is 24.4 Å². The van der Waals surface area contributed by atoms with Gasteiger partial charge >= 0.3 is 0 Å². The number of nitrogens with one attached hydrogen (secondary N) is 1. The van der Waals surface area contributed by atoms with E-state index in [1.807, 2.05) is 35.0 Å². The SMILES string of the molecule is CC(C)Cn1nc(C(Cc2ccccc2)NC(=O)c2ccc3c(c2)OCO3)c2cccnc21. The minimum absolute atomic E-state index is 0.170. The molecule has 2 aromatic carbocycles. The van der Waals surface area contributed by atoms with Crippen LogP contribution < -0.4 is 14.8 Å². The summed E-state index contributed by atoms with van der Waals surface area (Å²) >= 11 is 0. The average Bonchev–Trinajstić information content (AvgIpc) is 3.43. The quantitative estimate of drug-likeness (QED) is 0.455. The van der Waals surface area contributed by atoms with Gasteiger partial charge in [0, 0.05) is 23.7 Å². The molecule has 0 bridgehead atoms. The topological polar surface area (TPSA) is 78.3 Å². The van der Waals surface area contributed by atoms with E-state index in [9.17, 15) is 4.79 Å². The first-order chi connectivity index (χ1) is 16.1. The zero-order valence-corrected chi connectivity index (χ0v) is 18.7. The van der Waals surface area contributed by atoms with Crippen LogP contribution in [0.3, 0.4) is 0 Å². The highest BCUT2D eigenvalue weighted by molar-refractivity contribution is 5.95. The largest absolute Gasteiger partial charge is 0.454 e. The van der Waals surface area contributed by atoms with Gasteiger partial charge in [-0.3, -0.25) is 4.79 Å². The number of carbonyl (C=O) groups is 1. The predicted molar refractivity (Wildman–Crippen MR) is 125 cm³/mol. The third-order valence-electron chi connectivity index (χ3n) is 5.63. The van der Waals surface area contributed by atoms with Crippen LogP contribution in [0.4, 0.5) is 0 Å². The van der Waals surface area contributed by atoms with Gasteiger partial charge in [0.2, 0.25) is 6.79 Å². The molecule has 0 fully saturated rings. The van der Waals surface area contributed by atoms with Crippen molar-refractivity contribution >= 4 is 16.9 Å². The number of rotatable bonds is 7. The molecule has 1 aliphatic rings.